The molecule has 2 aromatic heterocycles. The lowest BCUT2D eigenvalue weighted by Crippen LogP contribution is -2.25. The number of hydrogen-bond acceptors (Lipinski definition) is 5. The predicted octanol–water partition coefficient (Wildman–Crippen LogP) is 3.21. The van der Waals surface area contributed by atoms with Gasteiger partial charge >= 0.3 is 12.1 Å². The van der Waals surface area contributed by atoms with Crippen LogP contribution in [0.25, 0.3) is 5.69 Å². The summed E-state index contributed by atoms with van der Waals surface area (Å²) in [5.74, 6) is -1.55. The molecule has 0 unspecified atom stereocenters. The van der Waals surface area contributed by atoms with E-state index in [1.54, 1.807) is 37.3 Å². The van der Waals surface area contributed by atoms with E-state index in [1.165, 1.54) is 17.8 Å². The zero-order valence-corrected chi connectivity index (χ0v) is 16.1. The number of aryl methyl sites for hydroxylation is 1. The van der Waals surface area contributed by atoms with E-state index in [0.29, 0.717) is 10.4 Å². The van der Waals surface area contributed by atoms with E-state index in [2.05, 4.69) is 15.5 Å². The number of halogens is 3. The second-order valence-electron chi connectivity index (χ2n) is 6.25. The van der Waals surface area contributed by atoms with Gasteiger partial charge in [-0.3, -0.25) is 9.48 Å². The van der Waals surface area contributed by atoms with Crippen LogP contribution >= 0.6 is 0 Å². The Morgan fingerprint density at radius 3 is 2.53 bits per heavy atom. The molecule has 30 heavy (non-hydrogen) atoms. The van der Waals surface area contributed by atoms with Gasteiger partial charge in [-0.2, -0.15) is 23.4 Å². The van der Waals surface area contributed by atoms with Crippen LogP contribution in [-0.2, 0) is 22.3 Å². The average molecular weight is 421 g/mol. The third-order valence-electron chi connectivity index (χ3n) is 4.01. The quantitative estimate of drug-likeness (QED) is 0.618. The van der Waals surface area contributed by atoms with Crippen LogP contribution in [0, 0.1) is 6.92 Å². The minimum Gasteiger partial charge on any atom is -0.462 e. The van der Waals surface area contributed by atoms with Crippen LogP contribution in [0.4, 0.5) is 19.0 Å². The summed E-state index contributed by atoms with van der Waals surface area (Å²) < 4.78 is 46.3. The van der Waals surface area contributed by atoms with Crippen molar-refractivity contribution in [3.63, 3.8) is 0 Å². The lowest BCUT2D eigenvalue weighted by Gasteiger charge is -2.13. The molecule has 0 saturated carbocycles. The molecule has 2 heterocycles. The average Bonchev–Trinajstić information content (AvgIpc) is 3.26. The van der Waals surface area contributed by atoms with Gasteiger partial charge in [-0.25, -0.2) is 9.48 Å². The zero-order valence-electron chi connectivity index (χ0n) is 16.1. The van der Waals surface area contributed by atoms with Gasteiger partial charge in [0.2, 0.25) is 5.91 Å². The van der Waals surface area contributed by atoms with E-state index in [1.807, 2.05) is 0 Å². The summed E-state index contributed by atoms with van der Waals surface area (Å²) in [4.78, 5) is 24.8. The Morgan fingerprint density at radius 1 is 1.20 bits per heavy atom. The maximum atomic E-state index is 13.2. The molecule has 0 aliphatic rings. The van der Waals surface area contributed by atoms with Crippen molar-refractivity contribution in [3.05, 3.63) is 59.5 Å². The maximum Gasteiger partial charge on any atom is 0.433 e. The number of carbonyl (C=O) groups is 2. The van der Waals surface area contributed by atoms with E-state index in [0.717, 1.165) is 6.07 Å². The SMILES string of the molecule is CCOC(=O)c1cnn(-c2ccccc2)c1NC(=O)Cn1nc(C)cc1C(F)(F)F. The first-order valence-corrected chi connectivity index (χ1v) is 8.92. The van der Waals surface area contributed by atoms with Crippen LogP contribution in [-0.4, -0.2) is 38.0 Å². The summed E-state index contributed by atoms with van der Waals surface area (Å²) >= 11 is 0. The van der Waals surface area contributed by atoms with Crippen LogP contribution in [0.5, 0.6) is 0 Å². The molecule has 0 aliphatic heterocycles. The number of amides is 1. The van der Waals surface area contributed by atoms with Crippen LogP contribution < -0.4 is 5.32 Å². The minimum atomic E-state index is -4.66. The highest BCUT2D eigenvalue weighted by molar-refractivity contribution is 6.00. The number of rotatable bonds is 6. The van der Waals surface area contributed by atoms with Crippen LogP contribution in [0.1, 0.15) is 28.7 Å². The molecule has 1 amide bonds. The van der Waals surface area contributed by atoms with Crippen molar-refractivity contribution in [2.45, 2.75) is 26.6 Å². The number of benzene rings is 1. The highest BCUT2D eigenvalue weighted by Crippen LogP contribution is 2.30. The van der Waals surface area contributed by atoms with E-state index in [9.17, 15) is 22.8 Å². The smallest absolute Gasteiger partial charge is 0.433 e. The van der Waals surface area contributed by atoms with Crippen molar-refractivity contribution >= 4 is 17.7 Å². The second-order valence-corrected chi connectivity index (χ2v) is 6.25. The van der Waals surface area contributed by atoms with Crippen molar-refractivity contribution in [1.29, 1.82) is 0 Å². The Kier molecular flexibility index (Phi) is 5.90. The lowest BCUT2D eigenvalue weighted by molar-refractivity contribution is -0.144. The third-order valence-corrected chi connectivity index (χ3v) is 4.01. The molecule has 1 aromatic carbocycles. The number of esters is 1. The molecule has 158 valence electrons. The number of aromatic nitrogens is 4. The van der Waals surface area contributed by atoms with Crippen LogP contribution in [0.3, 0.4) is 0 Å². The first-order chi connectivity index (χ1) is 14.2. The van der Waals surface area contributed by atoms with E-state index < -0.39 is 30.3 Å². The number of alkyl halides is 3. The number of hydrogen-bond donors (Lipinski definition) is 1. The summed E-state index contributed by atoms with van der Waals surface area (Å²) in [7, 11) is 0. The summed E-state index contributed by atoms with van der Waals surface area (Å²) in [5.41, 5.74) is -0.412. The van der Waals surface area contributed by atoms with Crippen LogP contribution in [0.15, 0.2) is 42.6 Å². The Hall–Kier alpha value is -3.63. The number of carbonyl (C=O) groups excluding carboxylic acids is 2. The second kappa shape index (κ2) is 8.39. The molecule has 1 N–H and O–H groups in total. The van der Waals surface area contributed by atoms with Crippen molar-refractivity contribution in [1.82, 2.24) is 19.6 Å². The van der Waals surface area contributed by atoms with Crippen molar-refractivity contribution in [2.75, 3.05) is 11.9 Å². The highest BCUT2D eigenvalue weighted by atomic mass is 19.4. The largest absolute Gasteiger partial charge is 0.462 e. The Balaban J connectivity index is 1.93. The van der Waals surface area contributed by atoms with E-state index in [4.69, 9.17) is 4.74 Å². The monoisotopic (exact) mass is 421 g/mol. The summed E-state index contributed by atoms with van der Waals surface area (Å²) in [5, 5.41) is 10.3. The fourth-order valence-electron chi connectivity index (χ4n) is 2.79. The van der Waals surface area contributed by atoms with Crippen LogP contribution in [0.2, 0.25) is 0 Å². The summed E-state index contributed by atoms with van der Waals surface area (Å²) in [6.45, 7) is 2.42. The Morgan fingerprint density at radius 2 is 1.90 bits per heavy atom. The topological polar surface area (TPSA) is 91.0 Å². The van der Waals surface area contributed by atoms with Gasteiger partial charge < -0.3 is 10.1 Å². The lowest BCUT2D eigenvalue weighted by atomic mass is 10.3. The molecule has 8 nitrogen and oxygen atoms in total. The molecular formula is C19H18F3N5O3. The molecule has 0 aliphatic carbocycles. The molecule has 0 atom stereocenters. The number of ether oxygens (including phenoxy) is 1. The molecule has 0 saturated heterocycles. The molecule has 0 spiro atoms. The van der Waals surface area contributed by atoms with Gasteiger partial charge in [0.1, 0.15) is 17.8 Å². The van der Waals surface area contributed by atoms with Gasteiger partial charge in [0, 0.05) is 0 Å². The van der Waals surface area contributed by atoms with Gasteiger partial charge in [-0.1, -0.05) is 18.2 Å². The number of anilines is 1. The standard InChI is InChI=1S/C19H18F3N5O3/c1-3-30-18(29)14-10-23-27(13-7-5-4-6-8-13)17(14)24-16(28)11-26-15(19(20,21)22)9-12(2)25-26/h4-10H,3,11H2,1-2H3,(H,24,28). The Labute approximate surface area is 169 Å². The first-order valence-electron chi connectivity index (χ1n) is 8.92. The van der Waals surface area contributed by atoms with E-state index >= 15 is 0 Å². The molecule has 0 radical (unpaired) electrons. The van der Waals surface area contributed by atoms with Gasteiger partial charge in [0.05, 0.1) is 24.2 Å². The highest BCUT2D eigenvalue weighted by Gasteiger charge is 2.36. The number of nitrogens with one attached hydrogen (secondary N) is 1. The maximum absolute atomic E-state index is 13.2. The zero-order chi connectivity index (χ0) is 21.9. The van der Waals surface area contributed by atoms with E-state index in [-0.39, 0.29) is 23.7 Å². The minimum absolute atomic E-state index is 0.0120. The fourth-order valence-corrected chi connectivity index (χ4v) is 2.79. The number of nitrogens with zero attached hydrogens (tertiary/aromatic N) is 4. The third kappa shape index (κ3) is 4.50. The summed E-state index contributed by atoms with van der Waals surface area (Å²) in [6, 6.07) is 9.47. The van der Waals surface area contributed by atoms with Crippen molar-refractivity contribution < 1.29 is 27.5 Å². The first kappa shape index (κ1) is 21.1. The molecule has 0 bridgehead atoms. The molecule has 3 aromatic rings. The summed E-state index contributed by atoms with van der Waals surface area (Å²) in [6.07, 6.45) is -3.44. The fraction of sp³-hybridized carbons (Fsp3) is 0.263. The van der Waals surface area contributed by atoms with Gasteiger partial charge in [-0.05, 0) is 32.0 Å². The molecular weight excluding hydrogens is 403 g/mol. The van der Waals surface area contributed by atoms with Gasteiger partial charge in [0.25, 0.3) is 0 Å². The van der Waals surface area contributed by atoms with Crippen molar-refractivity contribution in [2.24, 2.45) is 0 Å². The van der Waals surface area contributed by atoms with Gasteiger partial charge in [0.15, 0.2) is 5.82 Å². The number of para-hydroxylation sites is 1. The molecule has 3 rings (SSSR count). The normalized spacial score (nSPS) is 11.4. The predicted molar refractivity (Wildman–Crippen MR) is 100 cm³/mol. The molecule has 11 heteroatoms. The Bertz CT molecular complexity index is 1060. The van der Waals surface area contributed by atoms with Gasteiger partial charge in [-0.15, -0.1) is 0 Å². The van der Waals surface area contributed by atoms with Crippen molar-refractivity contribution in [3.8, 4) is 5.69 Å². The molecule has 0 fully saturated rings.